The van der Waals surface area contributed by atoms with Gasteiger partial charge in [0.25, 0.3) is 0 Å². The van der Waals surface area contributed by atoms with Gasteiger partial charge in [-0.25, -0.2) is 13.1 Å². The standard InChI is InChI=1S/C17H23NO3S2/c1-10-11(2)13(4)17(14(5)12(10)3)23(20,21)18-9-15(19)16-7-6-8-22-16/h6-8,15,18-19H,9H2,1-5H3. The van der Waals surface area contributed by atoms with Gasteiger partial charge in [0.15, 0.2) is 0 Å². The van der Waals surface area contributed by atoms with E-state index < -0.39 is 16.1 Å². The molecule has 2 N–H and O–H groups in total. The Morgan fingerprint density at radius 2 is 1.57 bits per heavy atom. The molecule has 0 aliphatic carbocycles. The Morgan fingerprint density at radius 1 is 1.04 bits per heavy atom. The van der Waals surface area contributed by atoms with E-state index in [9.17, 15) is 13.5 Å². The van der Waals surface area contributed by atoms with Gasteiger partial charge in [-0.2, -0.15) is 0 Å². The molecular weight excluding hydrogens is 330 g/mol. The molecule has 0 spiro atoms. The van der Waals surface area contributed by atoms with Crippen molar-refractivity contribution in [2.24, 2.45) is 0 Å². The van der Waals surface area contributed by atoms with Crippen molar-refractivity contribution in [2.45, 2.75) is 45.6 Å². The zero-order chi connectivity index (χ0) is 17.4. The molecule has 0 fully saturated rings. The van der Waals surface area contributed by atoms with E-state index in [0.29, 0.717) is 4.90 Å². The van der Waals surface area contributed by atoms with Crippen molar-refractivity contribution in [1.29, 1.82) is 0 Å². The van der Waals surface area contributed by atoms with Crippen molar-refractivity contribution in [2.75, 3.05) is 6.54 Å². The minimum absolute atomic E-state index is 0.0340. The smallest absolute Gasteiger partial charge is 0.241 e. The molecule has 1 aromatic carbocycles. The lowest BCUT2D eigenvalue weighted by Crippen LogP contribution is -2.30. The summed E-state index contributed by atoms with van der Waals surface area (Å²) in [5.41, 5.74) is 4.64. The number of thiophene rings is 1. The molecule has 4 nitrogen and oxygen atoms in total. The van der Waals surface area contributed by atoms with Crippen LogP contribution < -0.4 is 4.72 Å². The Morgan fingerprint density at radius 3 is 2.04 bits per heavy atom. The van der Waals surface area contributed by atoms with E-state index in [1.807, 2.05) is 46.1 Å². The van der Waals surface area contributed by atoms with Crippen LogP contribution in [0.5, 0.6) is 0 Å². The molecule has 1 atom stereocenters. The molecule has 1 heterocycles. The maximum Gasteiger partial charge on any atom is 0.241 e. The SMILES string of the molecule is Cc1c(C)c(C)c(S(=O)(=O)NCC(O)c2cccs2)c(C)c1C. The van der Waals surface area contributed by atoms with E-state index in [0.717, 1.165) is 32.7 Å². The van der Waals surface area contributed by atoms with Crippen molar-refractivity contribution in [3.63, 3.8) is 0 Å². The number of aliphatic hydroxyl groups excluding tert-OH is 1. The maximum absolute atomic E-state index is 12.7. The summed E-state index contributed by atoms with van der Waals surface area (Å²) in [6, 6.07) is 3.62. The van der Waals surface area contributed by atoms with Crippen LogP contribution in [0.15, 0.2) is 22.4 Å². The highest BCUT2D eigenvalue weighted by atomic mass is 32.2. The summed E-state index contributed by atoms with van der Waals surface area (Å²) in [6.07, 6.45) is -0.835. The highest BCUT2D eigenvalue weighted by Crippen LogP contribution is 2.29. The molecule has 2 aromatic rings. The minimum atomic E-state index is -3.67. The summed E-state index contributed by atoms with van der Waals surface area (Å²) < 4.78 is 28.0. The van der Waals surface area contributed by atoms with E-state index >= 15 is 0 Å². The lowest BCUT2D eigenvalue weighted by Gasteiger charge is -2.19. The first-order valence-corrected chi connectivity index (χ1v) is 9.81. The van der Waals surface area contributed by atoms with Crippen LogP contribution in [0.1, 0.15) is 38.8 Å². The second-order valence-corrected chi connectivity index (χ2v) is 8.52. The summed E-state index contributed by atoms with van der Waals surface area (Å²) in [5.74, 6) is 0. The fraction of sp³-hybridized carbons (Fsp3) is 0.412. The van der Waals surface area contributed by atoms with Crippen LogP contribution in [0.2, 0.25) is 0 Å². The number of rotatable bonds is 5. The molecule has 0 bridgehead atoms. The van der Waals surface area contributed by atoms with Gasteiger partial charge in [-0.05, 0) is 73.9 Å². The molecule has 0 aliphatic rings. The Bertz CT molecular complexity index is 780. The number of sulfonamides is 1. The van der Waals surface area contributed by atoms with Crippen LogP contribution in [0.4, 0.5) is 0 Å². The van der Waals surface area contributed by atoms with Gasteiger partial charge >= 0.3 is 0 Å². The van der Waals surface area contributed by atoms with Crippen molar-refractivity contribution in [3.8, 4) is 0 Å². The zero-order valence-electron chi connectivity index (χ0n) is 14.1. The monoisotopic (exact) mass is 353 g/mol. The van der Waals surface area contributed by atoms with E-state index in [1.165, 1.54) is 11.3 Å². The van der Waals surface area contributed by atoms with Crippen LogP contribution in [-0.2, 0) is 10.0 Å². The number of hydrogen-bond donors (Lipinski definition) is 2. The number of aliphatic hydroxyl groups is 1. The number of nitrogens with one attached hydrogen (secondary N) is 1. The molecule has 1 unspecified atom stereocenters. The van der Waals surface area contributed by atoms with Gasteiger partial charge in [0.2, 0.25) is 10.0 Å². The molecular formula is C17H23NO3S2. The molecule has 2 rings (SSSR count). The Balaban J connectivity index is 2.34. The van der Waals surface area contributed by atoms with Gasteiger partial charge in [-0.3, -0.25) is 0 Å². The molecule has 23 heavy (non-hydrogen) atoms. The number of hydrogen-bond acceptors (Lipinski definition) is 4. The molecule has 0 saturated heterocycles. The van der Waals surface area contributed by atoms with Crippen LogP contribution in [0.25, 0.3) is 0 Å². The third-order valence-corrected chi connectivity index (χ3v) is 7.21. The summed E-state index contributed by atoms with van der Waals surface area (Å²) >= 11 is 1.41. The Hall–Kier alpha value is -1.21. The van der Waals surface area contributed by atoms with Gasteiger partial charge in [0.05, 0.1) is 4.90 Å². The average molecular weight is 354 g/mol. The fourth-order valence-electron chi connectivity index (χ4n) is 2.71. The largest absolute Gasteiger partial charge is 0.386 e. The van der Waals surface area contributed by atoms with Crippen LogP contribution >= 0.6 is 11.3 Å². The first-order valence-electron chi connectivity index (χ1n) is 7.45. The lowest BCUT2D eigenvalue weighted by molar-refractivity contribution is 0.185. The predicted octanol–water partition coefficient (Wildman–Crippen LogP) is 3.30. The van der Waals surface area contributed by atoms with E-state index in [4.69, 9.17) is 0 Å². The average Bonchev–Trinajstić information content (AvgIpc) is 3.03. The summed E-state index contributed by atoms with van der Waals surface area (Å²) in [5, 5.41) is 12.0. The first kappa shape index (κ1) is 18.1. The lowest BCUT2D eigenvalue weighted by atomic mass is 9.95. The van der Waals surface area contributed by atoms with E-state index in [-0.39, 0.29) is 6.54 Å². The van der Waals surface area contributed by atoms with Crippen LogP contribution in [0, 0.1) is 34.6 Å². The van der Waals surface area contributed by atoms with Gasteiger partial charge in [-0.15, -0.1) is 11.3 Å². The van der Waals surface area contributed by atoms with Gasteiger partial charge in [-0.1, -0.05) is 6.07 Å². The molecule has 0 aliphatic heterocycles. The van der Waals surface area contributed by atoms with Gasteiger partial charge in [0, 0.05) is 11.4 Å². The topological polar surface area (TPSA) is 66.4 Å². The number of benzene rings is 1. The molecule has 0 radical (unpaired) electrons. The highest BCUT2D eigenvalue weighted by Gasteiger charge is 2.24. The molecule has 0 amide bonds. The third-order valence-electron chi connectivity index (χ3n) is 4.54. The molecule has 0 saturated carbocycles. The minimum Gasteiger partial charge on any atom is -0.386 e. The predicted molar refractivity (Wildman–Crippen MR) is 94.6 cm³/mol. The quantitative estimate of drug-likeness (QED) is 0.867. The van der Waals surface area contributed by atoms with Gasteiger partial charge < -0.3 is 5.11 Å². The van der Waals surface area contributed by atoms with Crippen molar-refractivity contribution >= 4 is 21.4 Å². The fourth-order valence-corrected chi connectivity index (χ4v) is 5.06. The Labute approximate surface area is 142 Å². The second-order valence-electron chi connectivity index (χ2n) is 5.84. The zero-order valence-corrected chi connectivity index (χ0v) is 15.7. The normalized spacial score (nSPS) is 13.3. The highest BCUT2D eigenvalue weighted by molar-refractivity contribution is 7.89. The van der Waals surface area contributed by atoms with Crippen molar-refractivity contribution in [3.05, 3.63) is 50.2 Å². The van der Waals surface area contributed by atoms with Gasteiger partial charge in [0.1, 0.15) is 6.10 Å². The maximum atomic E-state index is 12.7. The van der Waals surface area contributed by atoms with Crippen LogP contribution in [-0.4, -0.2) is 20.1 Å². The third kappa shape index (κ3) is 3.50. The van der Waals surface area contributed by atoms with Crippen molar-refractivity contribution < 1.29 is 13.5 Å². The van der Waals surface area contributed by atoms with E-state index in [1.54, 1.807) is 6.07 Å². The van der Waals surface area contributed by atoms with Crippen LogP contribution in [0.3, 0.4) is 0 Å². The summed E-state index contributed by atoms with van der Waals surface area (Å²) in [7, 11) is -3.67. The summed E-state index contributed by atoms with van der Waals surface area (Å²) in [6.45, 7) is 9.52. The second kappa shape index (κ2) is 6.73. The van der Waals surface area contributed by atoms with Crippen molar-refractivity contribution in [1.82, 2.24) is 4.72 Å². The molecule has 6 heteroatoms. The van der Waals surface area contributed by atoms with E-state index in [2.05, 4.69) is 4.72 Å². The summed E-state index contributed by atoms with van der Waals surface area (Å²) in [4.78, 5) is 1.08. The first-order chi connectivity index (χ1) is 10.7. The molecule has 1 aromatic heterocycles. The molecule has 126 valence electrons. The Kier molecular flexibility index (Phi) is 5.30.